The quantitative estimate of drug-likeness (QED) is 0.579. The van der Waals surface area contributed by atoms with Gasteiger partial charge in [0.2, 0.25) is 0 Å². The fourth-order valence-electron chi connectivity index (χ4n) is 0.697. The summed E-state index contributed by atoms with van der Waals surface area (Å²) in [6.07, 6.45) is 1.44. The molecule has 0 rings (SSSR count). The zero-order chi connectivity index (χ0) is 7.11. The van der Waals surface area contributed by atoms with Crippen molar-refractivity contribution in [2.24, 2.45) is 5.73 Å². The summed E-state index contributed by atoms with van der Waals surface area (Å²) in [5.74, 6) is 0. The van der Waals surface area contributed by atoms with Gasteiger partial charge in [0, 0.05) is 13.5 Å². The van der Waals surface area contributed by atoms with Gasteiger partial charge >= 0.3 is 0 Å². The second-order valence-electron chi connectivity index (χ2n) is 1.93. The van der Waals surface area contributed by atoms with Crippen LogP contribution in [0, 0.1) is 0 Å². The van der Waals surface area contributed by atoms with Gasteiger partial charge < -0.3 is 10.5 Å². The predicted octanol–water partition coefficient (Wildman–Crippen LogP) is 0.171. The van der Waals surface area contributed by atoms with E-state index in [0.29, 0.717) is 13.0 Å². The Bertz CT molecular complexity index is 53.0. The van der Waals surface area contributed by atoms with Crippen molar-refractivity contribution in [3.8, 4) is 0 Å². The summed E-state index contributed by atoms with van der Waals surface area (Å²) in [6.45, 7) is 0.525. The first-order chi connectivity index (χ1) is 4.35. The van der Waals surface area contributed by atoms with Crippen LogP contribution in [0.4, 0.5) is 0 Å². The van der Waals surface area contributed by atoms with Crippen molar-refractivity contribution in [3.05, 3.63) is 0 Å². The van der Waals surface area contributed by atoms with E-state index in [4.69, 9.17) is 10.5 Å². The van der Waals surface area contributed by atoms with Crippen LogP contribution in [0.1, 0.15) is 12.8 Å². The van der Waals surface area contributed by atoms with Gasteiger partial charge in [-0.1, -0.05) is 0 Å². The average molecular weight is 132 g/mol. The van der Waals surface area contributed by atoms with Crippen LogP contribution >= 0.6 is 0 Å². The van der Waals surface area contributed by atoms with Gasteiger partial charge in [-0.05, 0) is 13.0 Å². The van der Waals surface area contributed by atoms with Gasteiger partial charge in [0.05, 0.1) is 12.7 Å². The molecule has 0 aromatic heterocycles. The fourth-order valence-corrected chi connectivity index (χ4v) is 0.697. The molecule has 0 amide bonds. The molecule has 0 aliphatic rings. The van der Waals surface area contributed by atoms with E-state index in [1.807, 2.05) is 0 Å². The summed E-state index contributed by atoms with van der Waals surface area (Å²) in [6, 6.07) is 0. The third kappa shape index (κ3) is 4.39. The Morgan fingerprint density at radius 1 is 1.56 bits per heavy atom. The number of rotatable bonds is 5. The topological polar surface area (TPSA) is 55.1 Å². The SMILES string of the molecule is COC(CCN)CC[O]. The van der Waals surface area contributed by atoms with Gasteiger partial charge in [-0.15, -0.1) is 0 Å². The van der Waals surface area contributed by atoms with E-state index in [0.717, 1.165) is 6.42 Å². The van der Waals surface area contributed by atoms with Gasteiger partial charge in [-0.25, -0.2) is 5.11 Å². The molecular weight excluding hydrogens is 118 g/mol. The average Bonchev–Trinajstić information content (AvgIpc) is 1.88. The molecule has 3 heteroatoms. The molecule has 0 saturated heterocycles. The van der Waals surface area contributed by atoms with Crippen LogP contribution < -0.4 is 5.73 Å². The van der Waals surface area contributed by atoms with Crippen molar-refractivity contribution in [1.29, 1.82) is 0 Å². The van der Waals surface area contributed by atoms with Crippen LogP contribution in [-0.4, -0.2) is 26.4 Å². The first kappa shape index (κ1) is 8.88. The Kier molecular flexibility index (Phi) is 5.93. The highest BCUT2D eigenvalue weighted by atomic mass is 16.5. The van der Waals surface area contributed by atoms with Crippen LogP contribution in [0.3, 0.4) is 0 Å². The third-order valence-corrected chi connectivity index (χ3v) is 1.26. The van der Waals surface area contributed by atoms with Gasteiger partial charge in [0.15, 0.2) is 0 Å². The summed E-state index contributed by atoms with van der Waals surface area (Å²) in [7, 11) is 1.61. The lowest BCUT2D eigenvalue weighted by atomic mass is 10.2. The van der Waals surface area contributed by atoms with Crippen molar-refractivity contribution in [2.75, 3.05) is 20.3 Å². The maximum absolute atomic E-state index is 10.1. The van der Waals surface area contributed by atoms with E-state index in [1.165, 1.54) is 0 Å². The van der Waals surface area contributed by atoms with Crippen LogP contribution in [0.2, 0.25) is 0 Å². The molecular formula is C6H14NO2. The van der Waals surface area contributed by atoms with E-state index < -0.39 is 0 Å². The minimum atomic E-state index is -0.0709. The normalized spacial score (nSPS) is 13.7. The molecule has 0 fully saturated rings. The molecule has 1 unspecified atom stereocenters. The Balaban J connectivity index is 3.18. The van der Waals surface area contributed by atoms with E-state index in [1.54, 1.807) is 7.11 Å². The second kappa shape index (κ2) is 6.01. The summed E-state index contributed by atoms with van der Waals surface area (Å²) in [5.41, 5.74) is 5.25. The highest BCUT2D eigenvalue weighted by Crippen LogP contribution is 1.99. The van der Waals surface area contributed by atoms with E-state index >= 15 is 0 Å². The van der Waals surface area contributed by atoms with Crippen molar-refractivity contribution in [3.63, 3.8) is 0 Å². The summed E-state index contributed by atoms with van der Waals surface area (Å²) < 4.78 is 4.95. The Morgan fingerprint density at radius 3 is 2.56 bits per heavy atom. The minimum absolute atomic E-state index is 0.0709. The molecule has 0 bridgehead atoms. The molecule has 0 aromatic rings. The number of nitrogens with two attached hydrogens (primary N) is 1. The summed E-state index contributed by atoms with van der Waals surface area (Å²) in [5, 5.41) is 10.1. The highest BCUT2D eigenvalue weighted by molar-refractivity contribution is 4.55. The Morgan fingerprint density at radius 2 is 2.22 bits per heavy atom. The minimum Gasteiger partial charge on any atom is -0.381 e. The summed E-state index contributed by atoms with van der Waals surface area (Å²) in [4.78, 5) is 0. The lowest BCUT2D eigenvalue weighted by molar-refractivity contribution is 0.0587. The van der Waals surface area contributed by atoms with Gasteiger partial charge in [0.25, 0.3) is 0 Å². The van der Waals surface area contributed by atoms with Crippen molar-refractivity contribution < 1.29 is 9.84 Å². The third-order valence-electron chi connectivity index (χ3n) is 1.26. The smallest absolute Gasteiger partial charge is 0.0847 e. The maximum Gasteiger partial charge on any atom is 0.0847 e. The molecule has 9 heavy (non-hydrogen) atoms. The van der Waals surface area contributed by atoms with Crippen molar-refractivity contribution >= 4 is 0 Å². The number of ether oxygens (including phenoxy) is 1. The fraction of sp³-hybridized carbons (Fsp3) is 1.00. The largest absolute Gasteiger partial charge is 0.381 e. The van der Waals surface area contributed by atoms with Crippen LogP contribution in [-0.2, 0) is 9.84 Å². The molecule has 2 N–H and O–H groups in total. The first-order valence-corrected chi connectivity index (χ1v) is 3.16. The molecule has 1 radical (unpaired) electrons. The van der Waals surface area contributed by atoms with Crippen LogP contribution in [0.15, 0.2) is 0 Å². The summed E-state index contributed by atoms with van der Waals surface area (Å²) >= 11 is 0. The number of hydrogen-bond acceptors (Lipinski definition) is 2. The lowest BCUT2D eigenvalue weighted by Crippen LogP contribution is -2.16. The molecule has 0 aromatic carbocycles. The first-order valence-electron chi connectivity index (χ1n) is 3.16. The monoisotopic (exact) mass is 132 g/mol. The zero-order valence-electron chi connectivity index (χ0n) is 5.80. The zero-order valence-corrected chi connectivity index (χ0v) is 5.80. The van der Waals surface area contributed by atoms with Crippen molar-refractivity contribution in [2.45, 2.75) is 18.9 Å². The number of methoxy groups -OCH3 is 1. The Hall–Kier alpha value is -0.120. The van der Waals surface area contributed by atoms with E-state index in [9.17, 15) is 5.11 Å². The molecule has 55 valence electrons. The van der Waals surface area contributed by atoms with Crippen molar-refractivity contribution in [1.82, 2.24) is 0 Å². The molecule has 0 aliphatic heterocycles. The molecule has 3 nitrogen and oxygen atoms in total. The van der Waals surface area contributed by atoms with Crippen LogP contribution in [0.25, 0.3) is 0 Å². The molecule has 0 saturated carbocycles. The lowest BCUT2D eigenvalue weighted by Gasteiger charge is -2.10. The molecule has 0 spiro atoms. The highest BCUT2D eigenvalue weighted by Gasteiger charge is 2.03. The molecule has 1 atom stereocenters. The van der Waals surface area contributed by atoms with E-state index in [-0.39, 0.29) is 12.7 Å². The van der Waals surface area contributed by atoms with Gasteiger partial charge in [-0.2, -0.15) is 0 Å². The molecule has 0 heterocycles. The van der Waals surface area contributed by atoms with Gasteiger partial charge in [0.1, 0.15) is 0 Å². The van der Waals surface area contributed by atoms with E-state index in [2.05, 4.69) is 0 Å². The maximum atomic E-state index is 10.1. The Labute approximate surface area is 55.8 Å². The van der Waals surface area contributed by atoms with Gasteiger partial charge in [-0.3, -0.25) is 0 Å². The standard InChI is InChI=1S/C6H14NO2/c1-9-6(2-4-7)3-5-8/h6H,2-5,7H2,1H3. The molecule has 0 aliphatic carbocycles. The number of hydrogen-bond donors (Lipinski definition) is 1. The second-order valence-corrected chi connectivity index (χ2v) is 1.93. The van der Waals surface area contributed by atoms with Crippen LogP contribution in [0.5, 0.6) is 0 Å². The predicted molar refractivity (Wildman–Crippen MR) is 34.6 cm³/mol.